The van der Waals surface area contributed by atoms with E-state index in [1.54, 1.807) is 25.1 Å². The number of nitrogens with one attached hydrogen (secondary N) is 1. The number of hydrogen-bond acceptors (Lipinski definition) is 5. The number of nitrogens with zero attached hydrogens (tertiary/aromatic N) is 3. The van der Waals surface area contributed by atoms with Crippen molar-refractivity contribution in [2.45, 2.75) is 6.54 Å². The lowest BCUT2D eigenvalue weighted by Gasteiger charge is -2.17. The van der Waals surface area contributed by atoms with Gasteiger partial charge < -0.3 is 15.0 Å². The van der Waals surface area contributed by atoms with Crippen LogP contribution in [0.1, 0.15) is 16.1 Å². The van der Waals surface area contributed by atoms with E-state index in [1.807, 2.05) is 54.6 Å². The zero-order valence-corrected chi connectivity index (χ0v) is 14.7. The predicted molar refractivity (Wildman–Crippen MR) is 102 cm³/mol. The number of anilines is 2. The molecule has 0 aliphatic carbocycles. The van der Waals surface area contributed by atoms with Gasteiger partial charge in [0.25, 0.3) is 5.91 Å². The molecule has 0 spiro atoms. The summed E-state index contributed by atoms with van der Waals surface area (Å²) in [6.45, 7) is 0.531. The first-order valence-corrected chi connectivity index (χ1v) is 8.20. The molecule has 0 aliphatic rings. The van der Waals surface area contributed by atoms with Crippen LogP contribution in [0.2, 0.25) is 0 Å². The third-order valence-electron chi connectivity index (χ3n) is 3.99. The zero-order valence-electron chi connectivity index (χ0n) is 14.7. The van der Waals surface area contributed by atoms with Crippen LogP contribution in [0.15, 0.2) is 67.0 Å². The summed E-state index contributed by atoms with van der Waals surface area (Å²) in [7, 11) is 3.36. The Balaban J connectivity index is 1.73. The number of ether oxygens (including phenoxy) is 1. The summed E-state index contributed by atoms with van der Waals surface area (Å²) in [5.41, 5.74) is 2.14. The van der Waals surface area contributed by atoms with E-state index in [2.05, 4.69) is 15.3 Å². The minimum atomic E-state index is -0.195. The number of aromatic nitrogens is 2. The van der Waals surface area contributed by atoms with Crippen molar-refractivity contribution in [2.75, 3.05) is 24.4 Å². The third-order valence-corrected chi connectivity index (χ3v) is 3.99. The first-order valence-electron chi connectivity index (χ1n) is 8.20. The van der Waals surface area contributed by atoms with Gasteiger partial charge in [-0.1, -0.05) is 36.4 Å². The molecule has 0 aliphatic heterocycles. The van der Waals surface area contributed by atoms with Gasteiger partial charge >= 0.3 is 0 Å². The van der Waals surface area contributed by atoms with Crippen LogP contribution < -0.4 is 15.0 Å². The Morgan fingerprint density at radius 1 is 1.08 bits per heavy atom. The first-order chi connectivity index (χ1) is 12.7. The highest BCUT2D eigenvalue weighted by Gasteiger charge is 2.15. The van der Waals surface area contributed by atoms with Gasteiger partial charge in [0.2, 0.25) is 0 Å². The molecule has 1 aromatic heterocycles. The average molecular weight is 348 g/mol. The molecule has 2 aromatic carbocycles. The molecule has 0 fully saturated rings. The summed E-state index contributed by atoms with van der Waals surface area (Å²) in [5, 5.41) is 3.21. The zero-order chi connectivity index (χ0) is 18.4. The Morgan fingerprint density at radius 2 is 1.81 bits per heavy atom. The lowest BCUT2D eigenvalue weighted by atomic mass is 10.2. The third kappa shape index (κ3) is 3.97. The number of para-hydroxylation sites is 2. The molecule has 1 N–H and O–H groups in total. The average Bonchev–Trinajstić information content (AvgIpc) is 2.72. The molecule has 1 heterocycles. The SMILES string of the molecule is COc1ccccc1CNc1cc(C(=O)N(C)c2ccccc2)ncn1. The number of benzene rings is 2. The van der Waals surface area contributed by atoms with Crippen LogP contribution in [0.4, 0.5) is 11.5 Å². The van der Waals surface area contributed by atoms with Crippen LogP contribution in [0.3, 0.4) is 0 Å². The second-order valence-electron chi connectivity index (χ2n) is 5.65. The fourth-order valence-corrected chi connectivity index (χ4v) is 2.55. The van der Waals surface area contributed by atoms with Crippen molar-refractivity contribution >= 4 is 17.4 Å². The number of methoxy groups -OCH3 is 1. The summed E-state index contributed by atoms with van der Waals surface area (Å²) in [4.78, 5) is 22.5. The molecule has 6 heteroatoms. The van der Waals surface area contributed by atoms with E-state index in [0.717, 1.165) is 17.0 Å². The first kappa shape index (κ1) is 17.4. The summed E-state index contributed by atoms with van der Waals surface area (Å²) in [5.74, 6) is 1.18. The van der Waals surface area contributed by atoms with Gasteiger partial charge in [0, 0.05) is 30.9 Å². The summed E-state index contributed by atoms with van der Waals surface area (Å²) < 4.78 is 5.34. The lowest BCUT2D eigenvalue weighted by Crippen LogP contribution is -2.27. The number of hydrogen-bond donors (Lipinski definition) is 1. The number of carbonyl (C=O) groups excluding carboxylic acids is 1. The molecular formula is C20H20N4O2. The summed E-state index contributed by atoms with van der Waals surface area (Å²) >= 11 is 0. The molecule has 132 valence electrons. The maximum absolute atomic E-state index is 12.7. The summed E-state index contributed by atoms with van der Waals surface area (Å²) in [6.07, 6.45) is 1.39. The van der Waals surface area contributed by atoms with Crippen molar-refractivity contribution in [1.82, 2.24) is 9.97 Å². The van der Waals surface area contributed by atoms with Crippen LogP contribution in [0, 0.1) is 0 Å². The second kappa shape index (κ2) is 8.11. The molecule has 0 saturated heterocycles. The van der Waals surface area contributed by atoms with Crippen molar-refractivity contribution in [1.29, 1.82) is 0 Å². The molecule has 0 atom stereocenters. The van der Waals surface area contributed by atoms with Crippen molar-refractivity contribution in [3.8, 4) is 5.75 Å². The number of rotatable bonds is 6. The smallest absolute Gasteiger partial charge is 0.276 e. The fraction of sp³-hybridized carbons (Fsp3) is 0.150. The molecule has 3 rings (SSSR count). The van der Waals surface area contributed by atoms with E-state index in [4.69, 9.17) is 4.74 Å². The van der Waals surface area contributed by atoms with E-state index in [0.29, 0.717) is 18.1 Å². The van der Waals surface area contributed by atoms with Crippen molar-refractivity contribution in [3.05, 3.63) is 78.2 Å². The van der Waals surface area contributed by atoms with Gasteiger partial charge in [0.15, 0.2) is 0 Å². The second-order valence-corrected chi connectivity index (χ2v) is 5.65. The monoisotopic (exact) mass is 348 g/mol. The Morgan fingerprint density at radius 3 is 2.58 bits per heavy atom. The van der Waals surface area contributed by atoms with Gasteiger partial charge in [-0.25, -0.2) is 9.97 Å². The van der Waals surface area contributed by atoms with Gasteiger partial charge in [-0.15, -0.1) is 0 Å². The Hall–Kier alpha value is -3.41. The molecule has 1 amide bonds. The van der Waals surface area contributed by atoms with E-state index < -0.39 is 0 Å². The Bertz CT molecular complexity index is 884. The van der Waals surface area contributed by atoms with Gasteiger partial charge in [0.1, 0.15) is 23.6 Å². The standard InChI is InChI=1S/C20H20N4O2/c1-24(16-9-4-3-5-10-16)20(25)17-12-19(23-14-22-17)21-13-15-8-6-7-11-18(15)26-2/h3-12,14H,13H2,1-2H3,(H,21,22,23). The van der Waals surface area contributed by atoms with Crippen molar-refractivity contribution < 1.29 is 9.53 Å². The number of amides is 1. The van der Waals surface area contributed by atoms with E-state index in [9.17, 15) is 4.79 Å². The highest BCUT2D eigenvalue weighted by atomic mass is 16.5. The minimum absolute atomic E-state index is 0.195. The van der Waals surface area contributed by atoms with Crippen LogP contribution in [-0.4, -0.2) is 30.0 Å². The normalized spacial score (nSPS) is 10.2. The molecule has 0 radical (unpaired) electrons. The predicted octanol–water partition coefficient (Wildman–Crippen LogP) is 3.37. The molecule has 0 bridgehead atoms. The van der Waals surface area contributed by atoms with Crippen LogP contribution in [0.25, 0.3) is 0 Å². The van der Waals surface area contributed by atoms with Gasteiger partial charge in [-0.3, -0.25) is 4.79 Å². The lowest BCUT2D eigenvalue weighted by molar-refractivity contribution is 0.0988. The van der Waals surface area contributed by atoms with Gasteiger partial charge in [-0.05, 0) is 18.2 Å². The molecule has 26 heavy (non-hydrogen) atoms. The quantitative estimate of drug-likeness (QED) is 0.740. The fourth-order valence-electron chi connectivity index (χ4n) is 2.55. The van der Waals surface area contributed by atoms with Crippen LogP contribution >= 0.6 is 0 Å². The largest absolute Gasteiger partial charge is 0.496 e. The van der Waals surface area contributed by atoms with Crippen LogP contribution in [-0.2, 0) is 6.54 Å². The Kier molecular flexibility index (Phi) is 5.43. The maximum atomic E-state index is 12.7. The van der Waals surface area contributed by atoms with E-state index >= 15 is 0 Å². The number of carbonyl (C=O) groups is 1. The minimum Gasteiger partial charge on any atom is -0.496 e. The van der Waals surface area contributed by atoms with E-state index in [1.165, 1.54) is 6.33 Å². The maximum Gasteiger partial charge on any atom is 0.276 e. The highest BCUT2D eigenvalue weighted by molar-refractivity contribution is 6.04. The molecular weight excluding hydrogens is 328 g/mol. The Labute approximate surface area is 152 Å². The van der Waals surface area contributed by atoms with Crippen LogP contribution in [0.5, 0.6) is 5.75 Å². The summed E-state index contributed by atoms with van der Waals surface area (Å²) in [6, 6.07) is 18.8. The van der Waals surface area contributed by atoms with Crippen molar-refractivity contribution in [3.63, 3.8) is 0 Å². The van der Waals surface area contributed by atoms with Crippen molar-refractivity contribution in [2.24, 2.45) is 0 Å². The van der Waals surface area contributed by atoms with E-state index in [-0.39, 0.29) is 5.91 Å². The molecule has 0 unspecified atom stereocenters. The topological polar surface area (TPSA) is 67.3 Å². The van der Waals surface area contributed by atoms with Gasteiger partial charge in [-0.2, -0.15) is 0 Å². The molecule has 3 aromatic rings. The molecule has 6 nitrogen and oxygen atoms in total. The highest BCUT2D eigenvalue weighted by Crippen LogP contribution is 2.19. The van der Waals surface area contributed by atoms with Gasteiger partial charge in [0.05, 0.1) is 7.11 Å². The molecule has 0 saturated carbocycles.